The van der Waals surface area contributed by atoms with E-state index >= 15 is 0 Å². The van der Waals surface area contributed by atoms with E-state index in [4.69, 9.17) is 0 Å². The van der Waals surface area contributed by atoms with Gasteiger partial charge in [-0.1, -0.05) is 19.9 Å². The van der Waals surface area contributed by atoms with Crippen molar-refractivity contribution < 1.29 is 0 Å². The normalized spacial score (nSPS) is 12.6. The molecule has 2 rings (SSSR count). The summed E-state index contributed by atoms with van der Waals surface area (Å²) >= 11 is 0. The zero-order valence-electron chi connectivity index (χ0n) is 13.6. The van der Waals surface area contributed by atoms with E-state index in [-0.39, 0.29) is 6.04 Å². The second-order valence-corrected chi connectivity index (χ2v) is 5.29. The largest absolute Gasteiger partial charge is 0.311 e. The summed E-state index contributed by atoms with van der Waals surface area (Å²) in [6.07, 6.45) is 4.87. The fraction of sp³-hybridized carbons (Fsp3) is 0.529. The number of rotatable bonds is 7. The van der Waals surface area contributed by atoms with Crippen LogP contribution in [-0.4, -0.2) is 21.8 Å². The molecule has 4 heteroatoms. The monoisotopic (exact) mass is 286 g/mol. The van der Waals surface area contributed by atoms with Crippen molar-refractivity contribution in [3.05, 3.63) is 47.0 Å². The van der Waals surface area contributed by atoms with Crippen LogP contribution in [0.4, 0.5) is 0 Å². The molecule has 4 nitrogen and oxygen atoms in total. The Morgan fingerprint density at radius 2 is 1.95 bits per heavy atom. The highest BCUT2D eigenvalue weighted by molar-refractivity contribution is 5.19. The molecular formula is C17H26N4. The van der Waals surface area contributed by atoms with Gasteiger partial charge in [0.15, 0.2) is 0 Å². The minimum Gasteiger partial charge on any atom is -0.311 e. The zero-order chi connectivity index (χ0) is 15.2. The average Bonchev–Trinajstić information content (AvgIpc) is 2.96. The van der Waals surface area contributed by atoms with Crippen LogP contribution in [-0.2, 0) is 25.8 Å². The summed E-state index contributed by atoms with van der Waals surface area (Å²) in [6, 6.07) is 6.77. The van der Waals surface area contributed by atoms with E-state index < -0.39 is 0 Å². The lowest BCUT2D eigenvalue weighted by Gasteiger charge is -2.17. The standard InChI is InChI=1S/C17H26N4/c1-5-13-8-9-15(19-12-13)10-16(18-4)17-11-14(6-2)20-21(17)7-3/h8-9,11-12,16,18H,5-7,10H2,1-4H3. The number of nitrogens with zero attached hydrogens (tertiary/aromatic N) is 3. The van der Waals surface area contributed by atoms with Crippen LogP contribution in [0.5, 0.6) is 0 Å². The topological polar surface area (TPSA) is 42.7 Å². The van der Waals surface area contributed by atoms with Gasteiger partial charge < -0.3 is 5.32 Å². The molecule has 1 unspecified atom stereocenters. The van der Waals surface area contributed by atoms with Gasteiger partial charge in [0.25, 0.3) is 0 Å². The van der Waals surface area contributed by atoms with Crippen molar-refractivity contribution in [3.63, 3.8) is 0 Å². The van der Waals surface area contributed by atoms with Gasteiger partial charge in [-0.3, -0.25) is 9.67 Å². The first-order valence-corrected chi connectivity index (χ1v) is 7.89. The molecule has 2 heterocycles. The predicted octanol–water partition coefficient (Wildman–Crippen LogP) is 2.93. The van der Waals surface area contributed by atoms with Gasteiger partial charge in [-0.2, -0.15) is 5.10 Å². The van der Waals surface area contributed by atoms with Gasteiger partial charge in [0.05, 0.1) is 17.4 Å². The van der Waals surface area contributed by atoms with Crippen LogP contribution in [0.3, 0.4) is 0 Å². The predicted molar refractivity (Wildman–Crippen MR) is 86.4 cm³/mol. The van der Waals surface area contributed by atoms with Crippen LogP contribution in [0, 0.1) is 0 Å². The molecule has 21 heavy (non-hydrogen) atoms. The van der Waals surface area contributed by atoms with E-state index in [1.165, 1.54) is 11.3 Å². The molecule has 0 bridgehead atoms. The molecule has 1 atom stereocenters. The van der Waals surface area contributed by atoms with Gasteiger partial charge in [0.1, 0.15) is 0 Å². The van der Waals surface area contributed by atoms with Crippen molar-refractivity contribution in [2.45, 2.75) is 52.6 Å². The number of hydrogen-bond acceptors (Lipinski definition) is 3. The third-order valence-corrected chi connectivity index (χ3v) is 3.94. The number of aryl methyl sites for hydroxylation is 3. The maximum absolute atomic E-state index is 4.64. The smallest absolute Gasteiger partial charge is 0.0625 e. The number of nitrogens with one attached hydrogen (secondary N) is 1. The van der Waals surface area contributed by atoms with E-state index in [1.807, 2.05) is 13.2 Å². The molecule has 0 saturated heterocycles. The van der Waals surface area contributed by atoms with Gasteiger partial charge in [-0.15, -0.1) is 0 Å². The lowest BCUT2D eigenvalue weighted by Crippen LogP contribution is -2.22. The Labute approximate surface area is 127 Å². The molecule has 0 aromatic carbocycles. The molecule has 1 N–H and O–H groups in total. The Kier molecular flexibility index (Phi) is 5.51. The van der Waals surface area contributed by atoms with E-state index in [0.717, 1.165) is 37.2 Å². The van der Waals surface area contributed by atoms with Gasteiger partial charge in [-0.05, 0) is 44.5 Å². The summed E-state index contributed by atoms with van der Waals surface area (Å²) in [7, 11) is 2.00. The van der Waals surface area contributed by atoms with E-state index in [9.17, 15) is 0 Å². The van der Waals surface area contributed by atoms with Crippen molar-refractivity contribution in [1.29, 1.82) is 0 Å². The Hall–Kier alpha value is -1.68. The molecule has 0 amide bonds. The zero-order valence-corrected chi connectivity index (χ0v) is 13.6. The third-order valence-electron chi connectivity index (χ3n) is 3.94. The van der Waals surface area contributed by atoms with Crippen molar-refractivity contribution in [2.75, 3.05) is 7.05 Å². The minimum atomic E-state index is 0.248. The Balaban J connectivity index is 2.20. The van der Waals surface area contributed by atoms with Crippen LogP contribution in [0.15, 0.2) is 24.4 Å². The van der Waals surface area contributed by atoms with Crippen molar-refractivity contribution in [2.24, 2.45) is 0 Å². The lowest BCUT2D eigenvalue weighted by molar-refractivity contribution is 0.508. The molecule has 114 valence electrons. The molecule has 2 aromatic rings. The first-order chi connectivity index (χ1) is 10.2. The lowest BCUT2D eigenvalue weighted by atomic mass is 10.1. The molecule has 0 spiro atoms. The van der Waals surface area contributed by atoms with Gasteiger partial charge in [0, 0.05) is 24.9 Å². The number of likely N-dealkylation sites (N-methyl/N-ethyl adjacent to an activating group) is 1. The summed E-state index contributed by atoms with van der Waals surface area (Å²) in [6.45, 7) is 7.33. The molecular weight excluding hydrogens is 260 g/mol. The summed E-state index contributed by atoms with van der Waals surface area (Å²) < 4.78 is 2.10. The average molecular weight is 286 g/mol. The van der Waals surface area contributed by atoms with Crippen LogP contribution in [0.1, 0.15) is 49.5 Å². The first-order valence-electron chi connectivity index (χ1n) is 7.89. The maximum atomic E-state index is 4.64. The second-order valence-electron chi connectivity index (χ2n) is 5.29. The molecule has 0 aliphatic rings. The SMILES string of the molecule is CCc1ccc(CC(NC)c2cc(CC)nn2CC)nc1. The highest BCUT2D eigenvalue weighted by Gasteiger charge is 2.17. The third kappa shape index (κ3) is 3.70. The fourth-order valence-corrected chi connectivity index (χ4v) is 2.54. The molecule has 0 fully saturated rings. The summed E-state index contributed by atoms with van der Waals surface area (Å²) in [5, 5.41) is 8.05. The second kappa shape index (κ2) is 7.36. The van der Waals surface area contributed by atoms with Crippen molar-refractivity contribution in [1.82, 2.24) is 20.1 Å². The van der Waals surface area contributed by atoms with Crippen molar-refractivity contribution >= 4 is 0 Å². The molecule has 0 aliphatic heterocycles. The number of hydrogen-bond donors (Lipinski definition) is 1. The van der Waals surface area contributed by atoms with Crippen molar-refractivity contribution in [3.8, 4) is 0 Å². The quantitative estimate of drug-likeness (QED) is 0.851. The number of pyridine rings is 1. The van der Waals surface area contributed by atoms with Crippen LogP contribution < -0.4 is 5.32 Å². The fourth-order valence-electron chi connectivity index (χ4n) is 2.54. The maximum Gasteiger partial charge on any atom is 0.0625 e. The minimum absolute atomic E-state index is 0.248. The van der Waals surface area contributed by atoms with Gasteiger partial charge in [0.2, 0.25) is 0 Å². The Bertz CT molecular complexity index is 557. The molecule has 0 saturated carbocycles. The van der Waals surface area contributed by atoms with Gasteiger partial charge >= 0.3 is 0 Å². The van der Waals surface area contributed by atoms with E-state index in [0.29, 0.717) is 0 Å². The van der Waals surface area contributed by atoms with E-state index in [2.05, 4.69) is 59.1 Å². The Morgan fingerprint density at radius 3 is 2.48 bits per heavy atom. The highest BCUT2D eigenvalue weighted by Crippen LogP contribution is 2.19. The van der Waals surface area contributed by atoms with Crippen LogP contribution >= 0.6 is 0 Å². The van der Waals surface area contributed by atoms with Crippen LogP contribution in [0.2, 0.25) is 0 Å². The summed E-state index contributed by atoms with van der Waals surface area (Å²) in [5.74, 6) is 0. The highest BCUT2D eigenvalue weighted by atomic mass is 15.3. The summed E-state index contributed by atoms with van der Waals surface area (Å²) in [4.78, 5) is 4.58. The molecule has 0 aliphatic carbocycles. The first kappa shape index (κ1) is 15.7. The Morgan fingerprint density at radius 1 is 1.14 bits per heavy atom. The van der Waals surface area contributed by atoms with Crippen LogP contribution in [0.25, 0.3) is 0 Å². The van der Waals surface area contributed by atoms with Gasteiger partial charge in [-0.25, -0.2) is 0 Å². The number of aromatic nitrogens is 3. The summed E-state index contributed by atoms with van der Waals surface area (Å²) in [5.41, 5.74) is 4.81. The molecule has 2 aromatic heterocycles. The molecule has 0 radical (unpaired) electrons. The van der Waals surface area contributed by atoms with E-state index in [1.54, 1.807) is 0 Å².